The van der Waals surface area contributed by atoms with Crippen molar-refractivity contribution in [3.05, 3.63) is 66.5 Å². The van der Waals surface area contributed by atoms with Crippen molar-refractivity contribution in [2.24, 2.45) is 0 Å². The van der Waals surface area contributed by atoms with Crippen LogP contribution in [0.5, 0.6) is 11.5 Å². The number of ether oxygens (including phenoxy) is 2. The highest BCUT2D eigenvalue weighted by atomic mass is 16.5. The lowest BCUT2D eigenvalue weighted by Gasteiger charge is -2.33. The Hall–Kier alpha value is -3.12. The molecule has 0 saturated carbocycles. The largest absolute Gasteiger partial charge is 0.490 e. The summed E-state index contributed by atoms with van der Waals surface area (Å²) in [4.78, 5) is 11.6. The van der Waals surface area contributed by atoms with Crippen molar-refractivity contribution in [3.8, 4) is 22.9 Å². The molecule has 35 heavy (non-hydrogen) atoms. The predicted molar refractivity (Wildman–Crippen MR) is 142 cm³/mol. The summed E-state index contributed by atoms with van der Waals surface area (Å²) in [5, 5.41) is 3.62. The Morgan fingerprint density at radius 3 is 2.31 bits per heavy atom. The van der Waals surface area contributed by atoms with E-state index in [2.05, 4.69) is 52.2 Å². The van der Waals surface area contributed by atoms with Gasteiger partial charge < -0.3 is 14.8 Å². The normalized spacial score (nSPS) is 14.7. The minimum Gasteiger partial charge on any atom is -0.490 e. The summed E-state index contributed by atoms with van der Waals surface area (Å²) < 4.78 is 12.1. The van der Waals surface area contributed by atoms with Crippen LogP contribution >= 0.6 is 0 Å². The van der Waals surface area contributed by atoms with Crippen LogP contribution in [0.3, 0.4) is 0 Å². The van der Waals surface area contributed by atoms with Crippen LogP contribution in [0.4, 0.5) is 5.69 Å². The molecule has 186 valence electrons. The molecule has 4 rings (SSSR count). The van der Waals surface area contributed by atoms with E-state index in [1.54, 1.807) is 0 Å². The third-order valence-electron chi connectivity index (χ3n) is 6.56. The van der Waals surface area contributed by atoms with Gasteiger partial charge in [0.15, 0.2) is 17.3 Å². The van der Waals surface area contributed by atoms with E-state index in [1.165, 1.54) is 5.56 Å². The maximum absolute atomic E-state index is 6.19. The van der Waals surface area contributed by atoms with Crippen molar-refractivity contribution in [2.45, 2.75) is 65.1 Å². The fourth-order valence-corrected chi connectivity index (χ4v) is 4.52. The second-order valence-electron chi connectivity index (χ2n) is 9.13. The van der Waals surface area contributed by atoms with E-state index >= 15 is 0 Å². The number of piperidine rings is 1. The van der Waals surface area contributed by atoms with E-state index in [9.17, 15) is 0 Å². The molecule has 1 N–H and O–H groups in total. The SMILES string of the molecule is CCOc1cc(CN2CCC(Nc3cnc(-c4ccccc4)nc3)CC2)ccc1OC(CC)CC. The number of rotatable bonds is 11. The molecular weight excluding hydrogens is 436 g/mol. The Kier molecular flexibility index (Phi) is 8.96. The van der Waals surface area contributed by atoms with E-state index in [1.807, 2.05) is 49.6 Å². The van der Waals surface area contributed by atoms with E-state index in [0.29, 0.717) is 12.6 Å². The summed E-state index contributed by atoms with van der Waals surface area (Å²) >= 11 is 0. The first kappa shape index (κ1) is 25.0. The first-order valence-corrected chi connectivity index (χ1v) is 13.0. The number of nitrogens with one attached hydrogen (secondary N) is 1. The number of hydrogen-bond acceptors (Lipinski definition) is 6. The summed E-state index contributed by atoms with van der Waals surface area (Å²) in [6, 6.07) is 16.9. The monoisotopic (exact) mass is 474 g/mol. The molecule has 0 unspecified atom stereocenters. The zero-order chi connectivity index (χ0) is 24.5. The molecule has 6 heteroatoms. The van der Waals surface area contributed by atoms with Gasteiger partial charge in [-0.3, -0.25) is 4.90 Å². The zero-order valence-corrected chi connectivity index (χ0v) is 21.2. The lowest BCUT2D eigenvalue weighted by Crippen LogP contribution is -2.38. The summed E-state index contributed by atoms with van der Waals surface area (Å²) in [6.45, 7) is 10.0. The smallest absolute Gasteiger partial charge is 0.161 e. The number of anilines is 1. The van der Waals surface area contributed by atoms with E-state index < -0.39 is 0 Å². The van der Waals surface area contributed by atoms with Gasteiger partial charge in [-0.05, 0) is 50.3 Å². The first-order valence-electron chi connectivity index (χ1n) is 13.0. The van der Waals surface area contributed by atoms with Crippen LogP contribution in [0.1, 0.15) is 52.0 Å². The van der Waals surface area contributed by atoms with Crippen LogP contribution in [-0.2, 0) is 6.54 Å². The third kappa shape index (κ3) is 6.95. The molecule has 0 amide bonds. The van der Waals surface area contributed by atoms with Gasteiger partial charge in [0.25, 0.3) is 0 Å². The highest BCUT2D eigenvalue weighted by molar-refractivity contribution is 5.55. The molecule has 0 aliphatic carbocycles. The second-order valence-corrected chi connectivity index (χ2v) is 9.13. The van der Waals surface area contributed by atoms with Gasteiger partial charge in [0, 0.05) is 31.2 Å². The Bertz CT molecular complexity index is 1030. The number of nitrogens with zero attached hydrogens (tertiary/aromatic N) is 3. The standard InChI is InChI=1S/C29H38N4O2/c1-4-26(5-2)35-27-13-12-22(18-28(27)34-6-3)21-33-16-14-24(15-17-33)32-25-19-30-29(31-20-25)23-10-8-7-9-11-23/h7-13,18-20,24,26,32H,4-6,14-17,21H2,1-3H3. The molecule has 1 aliphatic rings. The third-order valence-corrected chi connectivity index (χ3v) is 6.56. The minimum atomic E-state index is 0.228. The number of benzene rings is 2. The van der Waals surface area contributed by atoms with Gasteiger partial charge in [-0.25, -0.2) is 9.97 Å². The molecule has 6 nitrogen and oxygen atoms in total. The Morgan fingerprint density at radius 2 is 1.66 bits per heavy atom. The number of likely N-dealkylation sites (tertiary alicyclic amines) is 1. The van der Waals surface area contributed by atoms with Crippen LogP contribution in [0, 0.1) is 0 Å². The van der Waals surface area contributed by atoms with Crippen LogP contribution < -0.4 is 14.8 Å². The predicted octanol–water partition coefficient (Wildman–Crippen LogP) is 6.19. The maximum atomic E-state index is 6.19. The van der Waals surface area contributed by atoms with E-state index in [-0.39, 0.29) is 6.10 Å². The van der Waals surface area contributed by atoms with Crippen LogP contribution in [-0.4, -0.2) is 46.7 Å². The van der Waals surface area contributed by atoms with Gasteiger partial charge in [-0.15, -0.1) is 0 Å². The van der Waals surface area contributed by atoms with Crippen molar-refractivity contribution in [1.82, 2.24) is 14.9 Å². The van der Waals surface area contributed by atoms with Gasteiger partial charge >= 0.3 is 0 Å². The van der Waals surface area contributed by atoms with E-state index in [0.717, 1.165) is 73.9 Å². The summed E-state index contributed by atoms with van der Waals surface area (Å²) in [5.74, 6) is 2.47. The van der Waals surface area contributed by atoms with E-state index in [4.69, 9.17) is 9.47 Å². The minimum absolute atomic E-state index is 0.228. The van der Waals surface area contributed by atoms with Crippen molar-refractivity contribution >= 4 is 5.69 Å². The van der Waals surface area contributed by atoms with Gasteiger partial charge in [-0.1, -0.05) is 50.2 Å². The molecule has 3 aromatic rings. The lowest BCUT2D eigenvalue weighted by atomic mass is 10.0. The summed E-state index contributed by atoms with van der Waals surface area (Å²) in [5.41, 5.74) is 3.29. The van der Waals surface area contributed by atoms with Crippen molar-refractivity contribution < 1.29 is 9.47 Å². The maximum Gasteiger partial charge on any atom is 0.161 e. The van der Waals surface area contributed by atoms with Crippen LogP contribution in [0.25, 0.3) is 11.4 Å². The highest BCUT2D eigenvalue weighted by Crippen LogP contribution is 2.31. The average molecular weight is 475 g/mol. The molecule has 1 saturated heterocycles. The fourth-order valence-electron chi connectivity index (χ4n) is 4.52. The Morgan fingerprint density at radius 1 is 0.943 bits per heavy atom. The fraction of sp³-hybridized carbons (Fsp3) is 0.448. The van der Waals surface area contributed by atoms with Crippen molar-refractivity contribution in [3.63, 3.8) is 0 Å². The highest BCUT2D eigenvalue weighted by Gasteiger charge is 2.20. The topological polar surface area (TPSA) is 59.5 Å². The molecule has 0 radical (unpaired) electrons. The number of aromatic nitrogens is 2. The second kappa shape index (κ2) is 12.5. The molecule has 0 atom stereocenters. The molecule has 1 aliphatic heterocycles. The van der Waals surface area contributed by atoms with Crippen molar-refractivity contribution in [2.75, 3.05) is 25.0 Å². The van der Waals surface area contributed by atoms with Gasteiger partial charge in [-0.2, -0.15) is 0 Å². The molecule has 2 heterocycles. The first-order chi connectivity index (χ1) is 17.2. The molecule has 1 aromatic heterocycles. The summed E-state index contributed by atoms with van der Waals surface area (Å²) in [6.07, 6.45) is 8.19. The molecular formula is C29H38N4O2. The van der Waals surface area contributed by atoms with Crippen LogP contribution in [0.2, 0.25) is 0 Å². The molecule has 0 bridgehead atoms. The summed E-state index contributed by atoms with van der Waals surface area (Å²) in [7, 11) is 0. The van der Waals surface area contributed by atoms with Crippen LogP contribution in [0.15, 0.2) is 60.9 Å². The van der Waals surface area contributed by atoms with Gasteiger partial charge in [0.2, 0.25) is 0 Å². The van der Waals surface area contributed by atoms with Gasteiger partial charge in [0.1, 0.15) is 0 Å². The average Bonchev–Trinajstić information content (AvgIpc) is 2.90. The number of hydrogen-bond donors (Lipinski definition) is 1. The Balaban J connectivity index is 1.29. The molecule has 1 fully saturated rings. The van der Waals surface area contributed by atoms with Crippen molar-refractivity contribution in [1.29, 1.82) is 0 Å². The van der Waals surface area contributed by atoms with Gasteiger partial charge in [0.05, 0.1) is 30.8 Å². The Labute approximate surface area is 209 Å². The molecule has 2 aromatic carbocycles. The quantitative estimate of drug-likeness (QED) is 0.358. The molecule has 0 spiro atoms. The zero-order valence-electron chi connectivity index (χ0n) is 21.2. The lowest BCUT2D eigenvalue weighted by molar-refractivity contribution is 0.181.